The molecule has 5 aromatic rings. The lowest BCUT2D eigenvalue weighted by Gasteiger charge is -2.34. The quantitative estimate of drug-likeness (QED) is 0.337. The average molecular weight is 500 g/mol. The Kier molecular flexibility index (Phi) is 5.76. The molecule has 11 heteroatoms. The van der Waals surface area contributed by atoms with Gasteiger partial charge in [0.1, 0.15) is 17.0 Å². The van der Waals surface area contributed by atoms with Gasteiger partial charge in [-0.15, -0.1) is 0 Å². The number of amides is 1. The molecule has 1 aliphatic rings. The van der Waals surface area contributed by atoms with Crippen LogP contribution in [0.4, 0.5) is 15.8 Å². The minimum Gasteiger partial charge on any atom is -0.367 e. The maximum absolute atomic E-state index is 16.0. The van der Waals surface area contributed by atoms with E-state index in [2.05, 4.69) is 52.3 Å². The molecule has 1 aliphatic heterocycles. The summed E-state index contributed by atoms with van der Waals surface area (Å²) >= 11 is 0. The Labute approximate surface area is 211 Å². The molecule has 10 nitrogen and oxygen atoms in total. The third-order valence-corrected chi connectivity index (χ3v) is 6.76. The van der Waals surface area contributed by atoms with E-state index in [4.69, 9.17) is 0 Å². The normalized spacial score (nSPS) is 14.5. The molecule has 0 spiro atoms. The molecule has 3 N–H and O–H groups in total. The Balaban J connectivity index is 1.42. The van der Waals surface area contributed by atoms with E-state index < -0.39 is 5.82 Å². The number of hydrogen-bond donors (Lipinski definition) is 3. The van der Waals surface area contributed by atoms with Crippen molar-refractivity contribution in [1.29, 1.82) is 0 Å². The van der Waals surface area contributed by atoms with Crippen LogP contribution in [0.3, 0.4) is 0 Å². The van der Waals surface area contributed by atoms with Gasteiger partial charge in [0.2, 0.25) is 5.91 Å². The van der Waals surface area contributed by atoms with Crippen LogP contribution in [0.25, 0.3) is 44.7 Å². The van der Waals surface area contributed by atoms with Crippen LogP contribution in [0.2, 0.25) is 0 Å². The van der Waals surface area contributed by atoms with Crippen LogP contribution in [-0.2, 0) is 4.79 Å². The Bertz CT molecular complexity index is 1620. The van der Waals surface area contributed by atoms with Gasteiger partial charge in [-0.1, -0.05) is 6.92 Å². The van der Waals surface area contributed by atoms with Crippen molar-refractivity contribution < 1.29 is 9.18 Å². The van der Waals surface area contributed by atoms with E-state index in [0.717, 1.165) is 37.4 Å². The van der Waals surface area contributed by atoms with Gasteiger partial charge < -0.3 is 20.1 Å². The second-order valence-corrected chi connectivity index (χ2v) is 9.19. The zero-order chi connectivity index (χ0) is 25.5. The second kappa shape index (κ2) is 9.25. The van der Waals surface area contributed by atoms with E-state index in [1.165, 1.54) is 6.20 Å². The van der Waals surface area contributed by atoms with E-state index in [1.807, 2.05) is 6.07 Å². The molecule has 1 saturated heterocycles. The van der Waals surface area contributed by atoms with Gasteiger partial charge in [-0.25, -0.2) is 14.4 Å². The molecule has 0 radical (unpaired) electrons. The molecule has 0 atom stereocenters. The van der Waals surface area contributed by atoms with Crippen LogP contribution >= 0.6 is 0 Å². The fourth-order valence-electron chi connectivity index (χ4n) is 4.69. The zero-order valence-corrected chi connectivity index (χ0v) is 20.5. The third-order valence-electron chi connectivity index (χ3n) is 6.76. The van der Waals surface area contributed by atoms with Crippen LogP contribution in [0.15, 0.2) is 42.9 Å². The molecule has 0 bridgehead atoms. The number of nitrogens with zero attached hydrogens (tertiary/aromatic N) is 6. The molecule has 1 amide bonds. The Hall–Kier alpha value is -4.38. The van der Waals surface area contributed by atoms with Gasteiger partial charge in [0.05, 0.1) is 28.5 Å². The first kappa shape index (κ1) is 23.0. The third kappa shape index (κ3) is 4.16. The monoisotopic (exact) mass is 499 g/mol. The minimum atomic E-state index is -0.449. The van der Waals surface area contributed by atoms with Crippen molar-refractivity contribution in [1.82, 2.24) is 35.0 Å². The fourth-order valence-corrected chi connectivity index (χ4v) is 4.69. The van der Waals surface area contributed by atoms with Crippen molar-refractivity contribution in [3.63, 3.8) is 0 Å². The number of H-pyrrole nitrogens is 2. The van der Waals surface area contributed by atoms with E-state index >= 15 is 4.39 Å². The molecule has 5 heterocycles. The highest BCUT2D eigenvalue weighted by Crippen LogP contribution is 2.35. The fraction of sp³-hybridized carbons (Fsp3) is 0.269. The molecule has 0 unspecified atom stereocenters. The standard InChI is InChI=1S/C26H26FN9O/c1-3-20(37)30-16-12-15(13-28-14-16)17-4-5-18-21(22(17)27)24(34-33-18)26-31-23-19(6-7-29-25(23)32-26)36-10-8-35(2)9-11-36/h4-7,12-14H,3,8-11H2,1-2H3,(H,30,37)(H,33,34)(H,29,31,32). The first-order chi connectivity index (χ1) is 18.0. The maximum atomic E-state index is 16.0. The number of likely N-dealkylation sites (N-methyl/N-ethyl adjacent to an activating group) is 1. The number of piperazine rings is 1. The number of aromatic amines is 2. The van der Waals surface area contributed by atoms with E-state index in [0.29, 0.717) is 51.3 Å². The molecule has 1 aromatic carbocycles. The SMILES string of the molecule is CCC(=O)Nc1cncc(-c2ccc3[nH]nc(-c4nc5nccc(N6CCN(C)CC6)c5[nH]4)c3c2F)c1. The lowest BCUT2D eigenvalue weighted by Crippen LogP contribution is -2.44. The topological polar surface area (TPSA) is 119 Å². The number of rotatable bonds is 5. The van der Waals surface area contributed by atoms with Crippen molar-refractivity contribution >= 4 is 39.3 Å². The van der Waals surface area contributed by atoms with E-state index in [1.54, 1.807) is 37.5 Å². The van der Waals surface area contributed by atoms with Gasteiger partial charge in [0.15, 0.2) is 11.5 Å². The average Bonchev–Trinajstić information content (AvgIpc) is 3.54. The largest absolute Gasteiger partial charge is 0.367 e. The van der Waals surface area contributed by atoms with Crippen LogP contribution in [0, 0.1) is 5.82 Å². The summed E-state index contributed by atoms with van der Waals surface area (Å²) in [5, 5.41) is 10.4. The highest BCUT2D eigenvalue weighted by molar-refractivity contribution is 5.98. The van der Waals surface area contributed by atoms with Gasteiger partial charge >= 0.3 is 0 Å². The highest BCUT2D eigenvalue weighted by atomic mass is 19.1. The number of aromatic nitrogens is 6. The molecule has 0 saturated carbocycles. The summed E-state index contributed by atoms with van der Waals surface area (Å²) < 4.78 is 16.0. The maximum Gasteiger partial charge on any atom is 0.224 e. The van der Waals surface area contributed by atoms with Crippen molar-refractivity contribution in [3.8, 4) is 22.6 Å². The van der Waals surface area contributed by atoms with Crippen LogP contribution in [0.1, 0.15) is 13.3 Å². The van der Waals surface area contributed by atoms with Crippen LogP contribution < -0.4 is 10.2 Å². The highest BCUT2D eigenvalue weighted by Gasteiger charge is 2.22. The summed E-state index contributed by atoms with van der Waals surface area (Å²) in [6.07, 6.45) is 5.19. The second-order valence-electron chi connectivity index (χ2n) is 9.19. The number of pyridine rings is 2. The number of carbonyl (C=O) groups is 1. The number of carbonyl (C=O) groups excluding carboxylic acids is 1. The number of anilines is 2. The summed E-state index contributed by atoms with van der Waals surface area (Å²) in [7, 11) is 2.12. The smallest absolute Gasteiger partial charge is 0.224 e. The minimum absolute atomic E-state index is 0.138. The van der Waals surface area contributed by atoms with Crippen molar-refractivity contribution in [3.05, 3.63) is 48.7 Å². The van der Waals surface area contributed by atoms with Crippen molar-refractivity contribution in [2.24, 2.45) is 0 Å². The Morgan fingerprint density at radius 1 is 1.16 bits per heavy atom. The molecule has 4 aromatic heterocycles. The summed E-state index contributed by atoms with van der Waals surface area (Å²) in [5.41, 5.74) is 4.71. The van der Waals surface area contributed by atoms with Gasteiger partial charge in [-0.2, -0.15) is 5.10 Å². The van der Waals surface area contributed by atoms with E-state index in [9.17, 15) is 4.79 Å². The molecular formula is C26H26FN9O. The van der Waals surface area contributed by atoms with Crippen molar-refractivity contribution in [2.75, 3.05) is 43.4 Å². The number of benzene rings is 1. The van der Waals surface area contributed by atoms with Crippen LogP contribution in [-0.4, -0.2) is 74.2 Å². The number of fused-ring (bicyclic) bond motifs is 2. The number of nitrogens with one attached hydrogen (secondary N) is 3. The predicted octanol–water partition coefficient (Wildman–Crippen LogP) is 3.80. The summed E-state index contributed by atoms with van der Waals surface area (Å²) in [6.45, 7) is 5.52. The molecule has 188 valence electrons. The summed E-state index contributed by atoms with van der Waals surface area (Å²) in [4.78, 5) is 33.1. The zero-order valence-electron chi connectivity index (χ0n) is 20.5. The first-order valence-electron chi connectivity index (χ1n) is 12.2. The molecule has 6 rings (SSSR count). The van der Waals surface area contributed by atoms with Gasteiger partial charge in [0, 0.05) is 56.1 Å². The molecule has 0 aliphatic carbocycles. The lowest BCUT2D eigenvalue weighted by atomic mass is 10.0. The molecule has 37 heavy (non-hydrogen) atoms. The lowest BCUT2D eigenvalue weighted by molar-refractivity contribution is -0.115. The number of imidazole rings is 1. The van der Waals surface area contributed by atoms with Crippen molar-refractivity contribution in [2.45, 2.75) is 13.3 Å². The summed E-state index contributed by atoms with van der Waals surface area (Å²) in [5.74, 6) is -0.149. The predicted molar refractivity (Wildman–Crippen MR) is 141 cm³/mol. The molecule has 1 fully saturated rings. The first-order valence-corrected chi connectivity index (χ1v) is 12.2. The van der Waals surface area contributed by atoms with Crippen LogP contribution in [0.5, 0.6) is 0 Å². The van der Waals surface area contributed by atoms with E-state index in [-0.39, 0.29) is 5.91 Å². The van der Waals surface area contributed by atoms with Gasteiger partial charge in [0.25, 0.3) is 0 Å². The Morgan fingerprint density at radius 2 is 2.00 bits per heavy atom. The summed E-state index contributed by atoms with van der Waals surface area (Å²) in [6, 6.07) is 7.14. The Morgan fingerprint density at radius 3 is 2.81 bits per heavy atom. The number of halogens is 1. The van der Waals surface area contributed by atoms with Gasteiger partial charge in [-0.3, -0.25) is 14.9 Å². The molecular weight excluding hydrogens is 473 g/mol. The van der Waals surface area contributed by atoms with Gasteiger partial charge in [-0.05, 0) is 31.3 Å². The number of hydrogen-bond acceptors (Lipinski definition) is 7.